The van der Waals surface area contributed by atoms with E-state index in [4.69, 9.17) is 21.1 Å². The Labute approximate surface area is 166 Å². The minimum absolute atomic E-state index is 0. The second-order valence-electron chi connectivity index (χ2n) is 6.82. The summed E-state index contributed by atoms with van der Waals surface area (Å²) in [5, 5.41) is 1.29. The van der Waals surface area contributed by atoms with E-state index in [1.54, 1.807) is 14.2 Å². The molecule has 3 rings (SSSR count). The summed E-state index contributed by atoms with van der Waals surface area (Å²) in [5.74, 6) is 1.93. The molecule has 0 amide bonds. The van der Waals surface area contributed by atoms with E-state index in [0.717, 1.165) is 11.5 Å². The van der Waals surface area contributed by atoms with Crippen LogP contribution in [0.2, 0.25) is 0 Å². The van der Waals surface area contributed by atoms with Crippen LogP contribution in [0.4, 0.5) is 0 Å². The van der Waals surface area contributed by atoms with Crippen molar-refractivity contribution in [3.05, 3.63) is 23.8 Å². The summed E-state index contributed by atoms with van der Waals surface area (Å²) in [6, 6.07) is 6.18. The summed E-state index contributed by atoms with van der Waals surface area (Å²) in [6.45, 7) is 0. The van der Waals surface area contributed by atoms with Crippen LogP contribution in [-0.4, -0.2) is 25.5 Å². The Bertz CT molecular complexity index is 490. The Morgan fingerprint density at radius 1 is 0.917 bits per heavy atom. The van der Waals surface area contributed by atoms with Gasteiger partial charge in [0.25, 0.3) is 0 Å². The largest absolute Gasteiger partial charge is 0.493 e. The van der Waals surface area contributed by atoms with Gasteiger partial charge >= 0.3 is 0 Å². The van der Waals surface area contributed by atoms with Gasteiger partial charge in [0.15, 0.2) is 11.5 Å². The molecule has 0 unspecified atom stereocenters. The first-order valence-electron chi connectivity index (χ1n) is 8.82. The third-order valence-corrected chi connectivity index (χ3v) is 11.8. The summed E-state index contributed by atoms with van der Waals surface area (Å²) in [7, 11) is 1.89. The second kappa shape index (κ2) is 9.23. The standard InChI is InChI=1S/C19H28ClO2P.Pd/c1-21-17-12-7-13-18(22-2)19(17)23(14-20,15-8-3-4-9-15)16-10-5-6-11-16;/h7,12-16H,3-6,8-11H2,1-2H3;. The minimum atomic E-state index is -1.64. The van der Waals surface area contributed by atoms with Gasteiger partial charge in [0.1, 0.15) is 5.30 Å². The first-order chi connectivity index (χ1) is 11.3. The van der Waals surface area contributed by atoms with Crippen molar-refractivity contribution in [2.24, 2.45) is 0 Å². The molecule has 0 atom stereocenters. The van der Waals surface area contributed by atoms with Crippen molar-refractivity contribution in [2.75, 3.05) is 14.2 Å². The number of hydrogen-bond acceptors (Lipinski definition) is 2. The quantitative estimate of drug-likeness (QED) is 0.313. The van der Waals surface area contributed by atoms with Crippen molar-refractivity contribution in [3.8, 4) is 11.5 Å². The van der Waals surface area contributed by atoms with Crippen molar-refractivity contribution >= 4 is 24.2 Å². The summed E-state index contributed by atoms with van der Waals surface area (Å²) >= 11 is 6.69. The van der Waals surface area contributed by atoms with E-state index in [9.17, 15) is 0 Å². The molecule has 24 heavy (non-hydrogen) atoms. The average molecular weight is 461 g/mol. The van der Waals surface area contributed by atoms with Crippen LogP contribution in [0, 0.1) is 5.62 Å². The third-order valence-electron chi connectivity index (χ3n) is 5.81. The molecule has 0 spiro atoms. The number of halogens is 1. The molecule has 138 valence electrons. The normalized spacial score (nSPS) is 19.3. The zero-order valence-corrected chi connectivity index (χ0v) is 17.8. The van der Waals surface area contributed by atoms with Crippen molar-refractivity contribution in [1.82, 2.24) is 0 Å². The number of rotatable bonds is 6. The van der Waals surface area contributed by atoms with Crippen molar-refractivity contribution in [2.45, 2.75) is 62.7 Å². The Kier molecular flexibility index (Phi) is 7.89. The van der Waals surface area contributed by atoms with E-state index in [1.807, 2.05) is 6.07 Å². The van der Waals surface area contributed by atoms with Gasteiger partial charge in [-0.1, -0.05) is 18.9 Å². The van der Waals surface area contributed by atoms with Gasteiger partial charge in [-0.2, -0.15) is 0 Å². The third kappa shape index (κ3) is 3.53. The van der Waals surface area contributed by atoms with E-state index in [-0.39, 0.29) is 20.4 Å². The summed E-state index contributed by atoms with van der Waals surface area (Å²) in [5.41, 5.74) is 3.49. The van der Waals surface area contributed by atoms with Crippen LogP contribution in [0.3, 0.4) is 0 Å². The predicted molar refractivity (Wildman–Crippen MR) is 101 cm³/mol. The van der Waals surface area contributed by atoms with E-state index in [1.165, 1.54) is 56.7 Å². The molecule has 0 aliphatic heterocycles. The summed E-state index contributed by atoms with van der Waals surface area (Å²) < 4.78 is 11.6. The number of hydrogen-bond donors (Lipinski definition) is 0. The van der Waals surface area contributed by atoms with Gasteiger partial charge in [-0.25, -0.2) is 0 Å². The fourth-order valence-corrected chi connectivity index (χ4v) is 11.3. The van der Waals surface area contributed by atoms with E-state index < -0.39 is 7.26 Å². The van der Waals surface area contributed by atoms with Crippen molar-refractivity contribution in [3.63, 3.8) is 0 Å². The molecule has 2 aliphatic rings. The predicted octanol–water partition coefficient (Wildman–Crippen LogP) is 5.59. The molecule has 5 heteroatoms. The van der Waals surface area contributed by atoms with E-state index in [2.05, 4.69) is 17.8 Å². The first kappa shape index (κ1) is 20.5. The second-order valence-corrected chi connectivity index (χ2v) is 11.2. The molecule has 1 aromatic carbocycles. The molecular weight excluding hydrogens is 433 g/mol. The molecule has 1 aromatic rings. The van der Waals surface area contributed by atoms with Crippen LogP contribution in [0.15, 0.2) is 18.2 Å². The van der Waals surface area contributed by atoms with Crippen LogP contribution in [0.25, 0.3) is 0 Å². The monoisotopic (exact) mass is 460 g/mol. The van der Waals surface area contributed by atoms with Crippen LogP contribution in [0.1, 0.15) is 51.4 Å². The molecule has 0 bridgehead atoms. The maximum absolute atomic E-state index is 6.69. The van der Waals surface area contributed by atoms with E-state index >= 15 is 0 Å². The molecule has 2 fully saturated rings. The van der Waals surface area contributed by atoms with Crippen molar-refractivity contribution in [1.29, 1.82) is 0 Å². The number of benzene rings is 1. The zero-order valence-electron chi connectivity index (χ0n) is 14.6. The van der Waals surface area contributed by atoms with Gasteiger partial charge in [0.2, 0.25) is 0 Å². The van der Waals surface area contributed by atoms with Crippen LogP contribution in [-0.2, 0) is 20.4 Å². The Balaban J connectivity index is 0.00000208. The Hall–Kier alpha value is 0.202. The Morgan fingerprint density at radius 3 is 1.67 bits per heavy atom. The molecule has 0 radical (unpaired) electrons. The molecule has 0 saturated heterocycles. The molecular formula is C19H28ClO2PPd. The molecule has 0 aromatic heterocycles. The molecule has 2 aliphatic carbocycles. The topological polar surface area (TPSA) is 18.5 Å². The molecule has 2 saturated carbocycles. The summed E-state index contributed by atoms with van der Waals surface area (Å²) in [4.78, 5) is 0. The van der Waals surface area contributed by atoms with Gasteiger partial charge in [0, 0.05) is 31.7 Å². The van der Waals surface area contributed by atoms with Gasteiger partial charge in [-0.3, -0.25) is 0 Å². The van der Waals surface area contributed by atoms with Crippen LogP contribution >= 0.6 is 18.9 Å². The number of methoxy groups -OCH3 is 2. The zero-order chi connectivity index (χ0) is 16.3. The smallest absolute Gasteiger partial charge is 0.162 e. The minimum Gasteiger partial charge on any atom is -0.493 e. The van der Waals surface area contributed by atoms with Crippen LogP contribution in [0.5, 0.6) is 11.5 Å². The SMILES string of the molecule is COc1cccc(OC)c1[P+]([CH-]Cl)(C1CCCC1)C1CCCC1.[Pd]. The summed E-state index contributed by atoms with van der Waals surface area (Å²) in [6.07, 6.45) is 10.5. The fraction of sp³-hybridized carbons (Fsp3) is 0.632. The van der Waals surface area contributed by atoms with Gasteiger partial charge < -0.3 is 21.1 Å². The van der Waals surface area contributed by atoms with Crippen LogP contribution < -0.4 is 14.8 Å². The molecule has 0 heterocycles. The Morgan fingerprint density at radius 2 is 1.33 bits per heavy atom. The maximum atomic E-state index is 6.69. The van der Waals surface area contributed by atoms with Gasteiger partial charge in [-0.05, 0) is 63.5 Å². The van der Waals surface area contributed by atoms with Gasteiger partial charge in [-0.15, -0.1) is 0 Å². The first-order valence-corrected chi connectivity index (χ1v) is 11.3. The van der Waals surface area contributed by atoms with Crippen molar-refractivity contribution < 1.29 is 29.9 Å². The molecule has 0 N–H and O–H groups in total. The number of ether oxygens (including phenoxy) is 2. The van der Waals surface area contributed by atoms with Gasteiger partial charge in [0.05, 0.1) is 14.2 Å². The maximum Gasteiger partial charge on any atom is 0.162 e. The van der Waals surface area contributed by atoms with E-state index in [0.29, 0.717) is 11.3 Å². The average Bonchev–Trinajstić information content (AvgIpc) is 3.30. The molecule has 2 nitrogen and oxygen atoms in total. The fourth-order valence-electron chi connectivity index (χ4n) is 4.75.